The first-order valence-electron chi connectivity index (χ1n) is 10.9. The molecule has 0 aliphatic heterocycles. The molecule has 0 saturated carbocycles. The van der Waals surface area contributed by atoms with Crippen molar-refractivity contribution in [2.75, 3.05) is 41.3 Å². The molecule has 33 heavy (non-hydrogen) atoms. The van der Waals surface area contributed by atoms with Crippen LogP contribution in [0.4, 0.5) is 0 Å². The fraction of sp³-hybridized carbons (Fsp3) is 0.462. The summed E-state index contributed by atoms with van der Waals surface area (Å²) in [6.45, 7) is 6.98. The minimum atomic E-state index is -0.288. The van der Waals surface area contributed by atoms with Crippen molar-refractivity contribution in [1.82, 2.24) is 9.80 Å². The van der Waals surface area contributed by atoms with E-state index in [1.54, 1.807) is 15.9 Å². The van der Waals surface area contributed by atoms with Crippen molar-refractivity contribution in [2.45, 2.75) is 38.5 Å². The number of hydrogen-bond acceptors (Lipinski definition) is 6. The third-order valence-corrected chi connectivity index (χ3v) is 5.47. The van der Waals surface area contributed by atoms with Crippen LogP contribution in [-0.2, 0) is 15.0 Å². The Bertz CT molecular complexity index is 928. The molecular formula is C26H37ClN2O4. The second-order valence-corrected chi connectivity index (χ2v) is 9.21. The van der Waals surface area contributed by atoms with Gasteiger partial charge in [0.15, 0.2) is 0 Å². The maximum absolute atomic E-state index is 12.1. The third-order valence-electron chi connectivity index (χ3n) is 5.47. The fourth-order valence-corrected chi connectivity index (χ4v) is 3.96. The molecule has 0 N–H and O–H groups in total. The van der Waals surface area contributed by atoms with Gasteiger partial charge in [0, 0.05) is 0 Å². The summed E-state index contributed by atoms with van der Waals surface area (Å²) in [4.78, 5) is 27.7. The molecule has 182 valence electrons. The molecule has 1 atom stereocenters. The van der Waals surface area contributed by atoms with Crippen molar-refractivity contribution >= 4 is 24.3 Å². The first-order chi connectivity index (χ1) is 15.0. The van der Waals surface area contributed by atoms with Gasteiger partial charge in [0.1, 0.15) is 11.5 Å². The van der Waals surface area contributed by atoms with E-state index in [2.05, 4.69) is 32.9 Å². The first-order valence-corrected chi connectivity index (χ1v) is 10.9. The van der Waals surface area contributed by atoms with Gasteiger partial charge in [-0.05, 0) is 81.3 Å². The molecule has 0 radical (unpaired) electrons. The summed E-state index contributed by atoms with van der Waals surface area (Å²) in [5, 5.41) is 0. The number of hydrogen-bond donors (Lipinski definition) is 0. The third kappa shape index (κ3) is 8.46. The maximum atomic E-state index is 12.1. The second kappa shape index (κ2) is 12.7. The largest absolute Gasteiger partial charge is 0.426 e. The predicted octanol–water partition coefficient (Wildman–Crippen LogP) is 4.51. The summed E-state index contributed by atoms with van der Waals surface area (Å²) in [5.41, 5.74) is 1.93. The van der Waals surface area contributed by atoms with E-state index in [9.17, 15) is 9.59 Å². The van der Waals surface area contributed by atoms with Crippen LogP contribution >= 0.6 is 12.4 Å². The molecule has 0 aliphatic carbocycles. The minimum absolute atomic E-state index is 0. The van der Waals surface area contributed by atoms with E-state index in [1.807, 2.05) is 58.5 Å². The zero-order valence-electron chi connectivity index (χ0n) is 20.8. The Morgan fingerprint density at radius 1 is 0.848 bits per heavy atom. The summed E-state index contributed by atoms with van der Waals surface area (Å²) in [7, 11) is 7.33. The molecule has 0 amide bonds. The minimum Gasteiger partial charge on any atom is -0.426 e. The molecule has 2 rings (SSSR count). The topological polar surface area (TPSA) is 59.1 Å². The number of likely N-dealkylation sites (N-methyl/N-ethyl adjacent to an activating group) is 2. The number of esters is 2. The summed E-state index contributed by atoms with van der Waals surface area (Å²) in [6.07, 6.45) is 0.896. The molecular weight excluding hydrogens is 440 g/mol. The van der Waals surface area contributed by atoms with Gasteiger partial charge in [-0.2, -0.15) is 0 Å². The van der Waals surface area contributed by atoms with Crippen molar-refractivity contribution in [2.24, 2.45) is 0 Å². The van der Waals surface area contributed by atoms with Gasteiger partial charge >= 0.3 is 11.9 Å². The van der Waals surface area contributed by atoms with E-state index < -0.39 is 0 Å². The van der Waals surface area contributed by atoms with E-state index in [-0.39, 0.29) is 48.8 Å². The standard InChI is InChI=1S/C26H36N2O4.ClH/c1-8-23(19-11-9-13-21(15-19)31-24(29)17-27(4)5)26(2,3)20-12-10-14-22(16-20)32-25(30)18-28(6)7;/h9-16,23H,8,17-18H2,1-7H3;1H. The number of nitrogens with zero attached hydrogens (tertiary/aromatic N) is 2. The predicted molar refractivity (Wildman–Crippen MR) is 135 cm³/mol. The number of rotatable bonds is 10. The Morgan fingerprint density at radius 3 is 1.82 bits per heavy atom. The summed E-state index contributed by atoms with van der Waals surface area (Å²) in [6, 6.07) is 15.5. The van der Waals surface area contributed by atoms with Crippen LogP contribution in [0, 0.1) is 0 Å². The van der Waals surface area contributed by atoms with E-state index >= 15 is 0 Å². The molecule has 0 heterocycles. The van der Waals surface area contributed by atoms with Gasteiger partial charge in [0.2, 0.25) is 0 Å². The van der Waals surface area contributed by atoms with Crippen LogP contribution < -0.4 is 9.47 Å². The van der Waals surface area contributed by atoms with Crippen LogP contribution in [0.5, 0.6) is 11.5 Å². The Morgan fingerprint density at radius 2 is 1.33 bits per heavy atom. The van der Waals surface area contributed by atoms with Crippen LogP contribution in [0.1, 0.15) is 44.2 Å². The van der Waals surface area contributed by atoms with E-state index in [0.29, 0.717) is 11.5 Å². The summed E-state index contributed by atoms with van der Waals surface area (Å²) < 4.78 is 11.1. The average molecular weight is 477 g/mol. The molecule has 0 fully saturated rings. The van der Waals surface area contributed by atoms with Gasteiger partial charge in [-0.3, -0.25) is 19.4 Å². The molecule has 0 aromatic heterocycles. The van der Waals surface area contributed by atoms with Crippen LogP contribution in [-0.4, -0.2) is 63.0 Å². The number of carbonyl (C=O) groups is 2. The zero-order valence-corrected chi connectivity index (χ0v) is 21.6. The molecule has 2 aromatic carbocycles. The van der Waals surface area contributed by atoms with Crippen molar-refractivity contribution in [1.29, 1.82) is 0 Å². The highest BCUT2D eigenvalue weighted by Crippen LogP contribution is 2.42. The van der Waals surface area contributed by atoms with Gasteiger partial charge in [0.05, 0.1) is 13.1 Å². The van der Waals surface area contributed by atoms with E-state index in [0.717, 1.165) is 17.5 Å². The zero-order chi connectivity index (χ0) is 23.9. The average Bonchev–Trinajstić information content (AvgIpc) is 2.67. The van der Waals surface area contributed by atoms with E-state index in [1.165, 1.54) is 0 Å². The lowest BCUT2D eigenvalue weighted by Gasteiger charge is -2.35. The van der Waals surface area contributed by atoms with Gasteiger partial charge < -0.3 is 9.47 Å². The van der Waals surface area contributed by atoms with Crippen molar-refractivity contribution < 1.29 is 19.1 Å². The SMILES string of the molecule is CCC(c1cccc(OC(=O)CN(C)C)c1)C(C)(C)c1cccc(OC(=O)CN(C)C)c1.Cl. The van der Waals surface area contributed by atoms with Crippen LogP contribution in [0.25, 0.3) is 0 Å². The second-order valence-electron chi connectivity index (χ2n) is 9.21. The molecule has 6 nitrogen and oxygen atoms in total. The highest BCUT2D eigenvalue weighted by molar-refractivity contribution is 5.85. The molecule has 7 heteroatoms. The molecule has 0 bridgehead atoms. The van der Waals surface area contributed by atoms with Gasteiger partial charge in [-0.25, -0.2) is 0 Å². The van der Waals surface area contributed by atoms with Crippen LogP contribution in [0.15, 0.2) is 48.5 Å². The summed E-state index contributed by atoms with van der Waals surface area (Å²) >= 11 is 0. The molecule has 2 aromatic rings. The number of ether oxygens (including phenoxy) is 2. The van der Waals surface area contributed by atoms with Crippen molar-refractivity contribution in [3.05, 3.63) is 59.7 Å². The van der Waals surface area contributed by atoms with Crippen molar-refractivity contribution in [3.63, 3.8) is 0 Å². The quantitative estimate of drug-likeness (QED) is 0.371. The smallest absolute Gasteiger partial charge is 0.325 e. The number of benzene rings is 2. The maximum Gasteiger partial charge on any atom is 0.325 e. The Hall–Kier alpha value is -2.41. The Labute approximate surface area is 204 Å². The number of halogens is 1. The van der Waals surface area contributed by atoms with Gasteiger partial charge in [-0.1, -0.05) is 45.0 Å². The van der Waals surface area contributed by atoms with Gasteiger partial charge in [0.25, 0.3) is 0 Å². The monoisotopic (exact) mass is 476 g/mol. The highest BCUT2D eigenvalue weighted by atomic mass is 35.5. The molecule has 0 saturated heterocycles. The lowest BCUT2D eigenvalue weighted by atomic mass is 9.69. The number of carbonyl (C=O) groups excluding carboxylic acids is 2. The first kappa shape index (κ1) is 28.6. The molecule has 0 spiro atoms. The summed E-state index contributed by atoms with van der Waals surface area (Å²) in [5.74, 6) is 0.692. The lowest BCUT2D eigenvalue weighted by molar-refractivity contribution is -0.136. The molecule has 1 unspecified atom stereocenters. The Balaban J connectivity index is 0.00000544. The van der Waals surface area contributed by atoms with E-state index in [4.69, 9.17) is 9.47 Å². The fourth-order valence-electron chi connectivity index (χ4n) is 3.96. The highest BCUT2D eigenvalue weighted by Gasteiger charge is 2.32. The van der Waals surface area contributed by atoms with Crippen LogP contribution in [0.3, 0.4) is 0 Å². The van der Waals surface area contributed by atoms with Crippen LogP contribution in [0.2, 0.25) is 0 Å². The lowest BCUT2D eigenvalue weighted by Crippen LogP contribution is -2.28. The normalized spacial score (nSPS) is 12.3. The van der Waals surface area contributed by atoms with Gasteiger partial charge in [-0.15, -0.1) is 12.4 Å². The Kier molecular flexibility index (Phi) is 11.0. The molecule has 0 aliphatic rings. The van der Waals surface area contributed by atoms with Crippen molar-refractivity contribution in [3.8, 4) is 11.5 Å².